The Morgan fingerprint density at radius 3 is 2.57 bits per heavy atom. The van der Waals surface area contributed by atoms with Gasteiger partial charge in [-0.1, -0.05) is 72.4 Å². The number of methoxy groups -OCH3 is 1. The number of aromatic nitrogens is 3. The number of thioether (sulfide) groups is 1. The van der Waals surface area contributed by atoms with Gasteiger partial charge in [0.1, 0.15) is 5.75 Å². The fraction of sp³-hybridized carbons (Fsp3) is 0.179. The molecule has 1 heterocycles. The molecule has 1 amide bonds. The number of anilines is 1. The van der Waals surface area contributed by atoms with E-state index in [-0.39, 0.29) is 11.7 Å². The Kier molecular flexibility index (Phi) is 8.00. The number of ether oxygens (including phenoxy) is 1. The molecular weight excluding hydrogens is 456 g/mol. The molecule has 0 saturated carbocycles. The van der Waals surface area contributed by atoms with Crippen LogP contribution in [0.4, 0.5) is 5.69 Å². The van der Waals surface area contributed by atoms with Gasteiger partial charge in [-0.2, -0.15) is 0 Å². The van der Waals surface area contributed by atoms with Gasteiger partial charge in [0.2, 0.25) is 5.91 Å². The average molecular weight is 485 g/mol. The smallest absolute Gasteiger partial charge is 0.237 e. The van der Waals surface area contributed by atoms with Crippen molar-refractivity contribution in [1.29, 1.82) is 0 Å². The second-order valence-corrected chi connectivity index (χ2v) is 8.94. The van der Waals surface area contributed by atoms with E-state index in [9.17, 15) is 4.79 Å². The van der Waals surface area contributed by atoms with E-state index in [0.29, 0.717) is 29.8 Å². The van der Waals surface area contributed by atoms with Crippen LogP contribution in [0, 0.1) is 6.92 Å². The van der Waals surface area contributed by atoms with Crippen molar-refractivity contribution in [2.24, 2.45) is 0 Å². The van der Waals surface area contributed by atoms with E-state index in [1.807, 2.05) is 95.3 Å². The van der Waals surface area contributed by atoms with Crippen molar-refractivity contribution in [3.05, 3.63) is 103 Å². The van der Waals surface area contributed by atoms with Gasteiger partial charge in [0.25, 0.3) is 0 Å². The van der Waals surface area contributed by atoms with Crippen LogP contribution < -0.4 is 9.64 Å². The fourth-order valence-corrected chi connectivity index (χ4v) is 4.63. The number of nitrogens with zero attached hydrogens (tertiary/aromatic N) is 4. The predicted molar refractivity (Wildman–Crippen MR) is 142 cm³/mol. The molecule has 178 valence electrons. The van der Waals surface area contributed by atoms with Crippen LogP contribution in [0.1, 0.15) is 11.1 Å². The number of carbonyl (C=O) groups is 1. The normalized spacial score (nSPS) is 10.7. The summed E-state index contributed by atoms with van der Waals surface area (Å²) in [5, 5.41) is 9.46. The van der Waals surface area contributed by atoms with Gasteiger partial charge in [0.15, 0.2) is 11.0 Å². The van der Waals surface area contributed by atoms with Crippen molar-refractivity contribution in [3.63, 3.8) is 0 Å². The highest BCUT2D eigenvalue weighted by Gasteiger charge is 2.21. The van der Waals surface area contributed by atoms with Crippen molar-refractivity contribution in [2.45, 2.75) is 25.2 Å². The van der Waals surface area contributed by atoms with E-state index in [2.05, 4.69) is 16.8 Å². The molecule has 0 spiro atoms. The van der Waals surface area contributed by atoms with Crippen molar-refractivity contribution in [3.8, 4) is 17.1 Å². The summed E-state index contributed by atoms with van der Waals surface area (Å²) in [4.78, 5) is 15.3. The first-order valence-electron chi connectivity index (χ1n) is 11.3. The van der Waals surface area contributed by atoms with E-state index < -0.39 is 0 Å². The lowest BCUT2D eigenvalue weighted by Gasteiger charge is -2.23. The molecule has 0 aliphatic carbocycles. The lowest BCUT2D eigenvalue weighted by atomic mass is 10.1. The van der Waals surface area contributed by atoms with Crippen molar-refractivity contribution in [1.82, 2.24) is 14.8 Å². The molecule has 4 aromatic rings. The highest BCUT2D eigenvalue weighted by Crippen LogP contribution is 2.31. The van der Waals surface area contributed by atoms with Gasteiger partial charge in [-0.15, -0.1) is 16.8 Å². The molecule has 6 nitrogen and oxygen atoms in total. The summed E-state index contributed by atoms with van der Waals surface area (Å²) in [6.45, 7) is 6.92. The Morgan fingerprint density at radius 1 is 1.06 bits per heavy atom. The van der Waals surface area contributed by atoms with E-state index in [1.165, 1.54) is 11.8 Å². The van der Waals surface area contributed by atoms with Gasteiger partial charge in [0, 0.05) is 12.2 Å². The zero-order valence-electron chi connectivity index (χ0n) is 19.9. The van der Waals surface area contributed by atoms with Crippen LogP contribution in [-0.4, -0.2) is 33.5 Å². The summed E-state index contributed by atoms with van der Waals surface area (Å²) in [6, 6.07) is 25.7. The molecule has 7 heteroatoms. The number of aryl methyl sites for hydroxylation is 1. The highest BCUT2D eigenvalue weighted by molar-refractivity contribution is 7.99. The number of carbonyl (C=O) groups excluding carboxylic acids is 1. The van der Waals surface area contributed by atoms with Gasteiger partial charge in [-0.05, 0) is 42.3 Å². The molecule has 0 atom stereocenters. The van der Waals surface area contributed by atoms with Gasteiger partial charge >= 0.3 is 0 Å². The van der Waals surface area contributed by atoms with E-state index in [4.69, 9.17) is 4.74 Å². The Balaban J connectivity index is 1.59. The van der Waals surface area contributed by atoms with E-state index in [1.54, 1.807) is 13.2 Å². The second-order valence-electron chi connectivity index (χ2n) is 8.00. The van der Waals surface area contributed by atoms with Crippen LogP contribution in [0.15, 0.2) is 96.7 Å². The molecule has 0 fully saturated rings. The third-order valence-electron chi connectivity index (χ3n) is 5.50. The number of hydrogen-bond acceptors (Lipinski definition) is 5. The summed E-state index contributed by atoms with van der Waals surface area (Å²) in [5.41, 5.74) is 3.89. The van der Waals surface area contributed by atoms with Crippen molar-refractivity contribution < 1.29 is 9.53 Å². The lowest BCUT2D eigenvalue weighted by molar-refractivity contribution is -0.116. The van der Waals surface area contributed by atoms with Crippen LogP contribution in [-0.2, 0) is 17.9 Å². The quantitative estimate of drug-likeness (QED) is 0.211. The van der Waals surface area contributed by atoms with E-state index >= 15 is 0 Å². The SMILES string of the molecule is C=CCn1c(SCC(=O)N(Cc2ccccc2)c2cccc(C)c2)nnc1-c1ccccc1OC. The standard InChI is InChI=1S/C28H28N4O2S/c1-4-17-31-27(24-15-8-9-16-25(24)34-3)29-30-28(31)35-20-26(33)32(19-22-12-6-5-7-13-22)23-14-10-11-21(2)18-23/h4-16,18H,1,17,19-20H2,2-3H3. The molecule has 0 unspecified atom stereocenters. The first kappa shape index (κ1) is 24.3. The molecule has 3 aromatic carbocycles. The average Bonchev–Trinajstić information content (AvgIpc) is 3.28. The molecule has 35 heavy (non-hydrogen) atoms. The monoisotopic (exact) mass is 484 g/mol. The van der Waals surface area contributed by atoms with Crippen LogP contribution in [0.2, 0.25) is 0 Å². The molecule has 0 N–H and O–H groups in total. The van der Waals surface area contributed by atoms with Crippen molar-refractivity contribution in [2.75, 3.05) is 17.8 Å². The first-order chi connectivity index (χ1) is 17.1. The Morgan fingerprint density at radius 2 is 1.83 bits per heavy atom. The molecule has 0 radical (unpaired) electrons. The van der Waals surface area contributed by atoms with Crippen LogP contribution >= 0.6 is 11.8 Å². The first-order valence-corrected chi connectivity index (χ1v) is 12.3. The molecule has 0 saturated heterocycles. The number of allylic oxidation sites excluding steroid dienone is 1. The highest BCUT2D eigenvalue weighted by atomic mass is 32.2. The Bertz CT molecular complexity index is 1300. The number of benzene rings is 3. The molecule has 0 bridgehead atoms. The summed E-state index contributed by atoms with van der Waals surface area (Å²) in [6.07, 6.45) is 1.79. The minimum Gasteiger partial charge on any atom is -0.496 e. The Labute approximate surface area is 210 Å². The van der Waals surface area contributed by atoms with Crippen LogP contribution in [0.5, 0.6) is 5.75 Å². The topological polar surface area (TPSA) is 60.2 Å². The summed E-state index contributed by atoms with van der Waals surface area (Å²) in [7, 11) is 1.63. The largest absolute Gasteiger partial charge is 0.496 e. The zero-order chi connectivity index (χ0) is 24.6. The molecule has 4 rings (SSSR count). The maximum absolute atomic E-state index is 13.5. The Hall–Kier alpha value is -3.84. The maximum atomic E-state index is 13.5. The number of hydrogen-bond donors (Lipinski definition) is 0. The fourth-order valence-electron chi connectivity index (χ4n) is 3.81. The molecule has 1 aromatic heterocycles. The third-order valence-corrected chi connectivity index (χ3v) is 6.45. The molecular formula is C28H28N4O2S. The minimum atomic E-state index is -0.00329. The van der Waals surface area contributed by atoms with Crippen LogP contribution in [0.3, 0.4) is 0 Å². The summed E-state index contributed by atoms with van der Waals surface area (Å²) in [5.74, 6) is 1.61. The van der Waals surface area contributed by atoms with Gasteiger partial charge in [-0.3, -0.25) is 9.36 Å². The van der Waals surface area contributed by atoms with Gasteiger partial charge in [0.05, 0.1) is 25.0 Å². The van der Waals surface area contributed by atoms with Crippen molar-refractivity contribution >= 4 is 23.4 Å². The third kappa shape index (κ3) is 5.81. The number of amides is 1. The summed E-state index contributed by atoms with van der Waals surface area (Å²) >= 11 is 1.37. The van der Waals surface area contributed by atoms with Gasteiger partial charge in [-0.25, -0.2) is 0 Å². The number of para-hydroxylation sites is 1. The maximum Gasteiger partial charge on any atom is 0.237 e. The minimum absolute atomic E-state index is 0.00329. The van der Waals surface area contributed by atoms with Gasteiger partial charge < -0.3 is 9.64 Å². The lowest BCUT2D eigenvalue weighted by Crippen LogP contribution is -2.32. The molecule has 0 aliphatic heterocycles. The number of rotatable bonds is 10. The summed E-state index contributed by atoms with van der Waals surface area (Å²) < 4.78 is 7.47. The predicted octanol–water partition coefficient (Wildman–Crippen LogP) is 5.77. The second kappa shape index (κ2) is 11.5. The van der Waals surface area contributed by atoms with E-state index in [0.717, 1.165) is 22.4 Å². The molecule has 0 aliphatic rings. The zero-order valence-corrected chi connectivity index (χ0v) is 20.7. The van der Waals surface area contributed by atoms with Crippen LogP contribution in [0.25, 0.3) is 11.4 Å².